The maximum absolute atomic E-state index is 12.3. The van der Waals surface area contributed by atoms with Gasteiger partial charge >= 0.3 is 0 Å². The summed E-state index contributed by atoms with van der Waals surface area (Å²) in [5.41, 5.74) is 1.39. The van der Waals surface area contributed by atoms with Crippen LogP contribution in [-0.4, -0.2) is 62.2 Å². The number of likely N-dealkylation sites (N-methyl/N-ethyl adjacent to an activating group) is 1. The molecule has 0 saturated carbocycles. The van der Waals surface area contributed by atoms with Gasteiger partial charge in [-0.1, -0.05) is 18.2 Å². The number of benzene rings is 1. The SMILES string of the molecule is COc1ccccc1C(CNC(=O)C1=NN(C)C(=O)CC1)N(C)C. The highest BCUT2D eigenvalue weighted by Crippen LogP contribution is 2.27. The number of nitrogens with zero attached hydrogens (tertiary/aromatic N) is 3. The fourth-order valence-corrected chi connectivity index (χ4v) is 2.64. The Kier molecular flexibility index (Phi) is 5.92. The number of hydrazone groups is 1. The van der Waals surface area contributed by atoms with Gasteiger partial charge < -0.3 is 15.0 Å². The van der Waals surface area contributed by atoms with E-state index in [1.807, 2.05) is 43.3 Å². The third kappa shape index (κ3) is 4.11. The van der Waals surface area contributed by atoms with Crippen molar-refractivity contribution in [2.24, 2.45) is 5.10 Å². The molecular weight excluding hydrogens is 308 g/mol. The molecule has 7 nitrogen and oxygen atoms in total. The van der Waals surface area contributed by atoms with Crippen LogP contribution in [0.5, 0.6) is 5.75 Å². The van der Waals surface area contributed by atoms with Crippen molar-refractivity contribution < 1.29 is 14.3 Å². The van der Waals surface area contributed by atoms with Crippen LogP contribution in [0.4, 0.5) is 0 Å². The molecule has 0 spiro atoms. The second-order valence-corrected chi connectivity index (χ2v) is 5.90. The lowest BCUT2D eigenvalue weighted by molar-refractivity contribution is -0.130. The molecule has 1 atom stereocenters. The van der Waals surface area contributed by atoms with Gasteiger partial charge in [0.2, 0.25) is 5.91 Å². The summed E-state index contributed by atoms with van der Waals surface area (Å²) in [6.45, 7) is 0.420. The summed E-state index contributed by atoms with van der Waals surface area (Å²) in [5, 5.41) is 8.18. The van der Waals surface area contributed by atoms with E-state index in [1.54, 1.807) is 14.2 Å². The molecule has 1 aromatic rings. The van der Waals surface area contributed by atoms with Crippen LogP contribution in [0.3, 0.4) is 0 Å². The molecule has 1 heterocycles. The van der Waals surface area contributed by atoms with Gasteiger partial charge in [0.05, 0.1) is 13.2 Å². The second kappa shape index (κ2) is 7.92. The summed E-state index contributed by atoms with van der Waals surface area (Å²) in [5.74, 6) is 0.466. The summed E-state index contributed by atoms with van der Waals surface area (Å²) in [4.78, 5) is 25.8. The standard InChI is InChI=1S/C17H24N4O3/c1-20(2)14(12-7-5-6-8-15(12)24-4)11-18-17(23)13-9-10-16(22)21(3)19-13/h5-8,14H,9-11H2,1-4H3,(H,18,23). The minimum absolute atomic E-state index is 0.0337. The molecule has 2 amide bonds. The molecule has 0 saturated heterocycles. The minimum atomic E-state index is -0.240. The van der Waals surface area contributed by atoms with Crippen molar-refractivity contribution in [1.29, 1.82) is 0 Å². The van der Waals surface area contributed by atoms with Crippen LogP contribution < -0.4 is 10.1 Å². The molecule has 1 unspecified atom stereocenters. The number of rotatable bonds is 6. The lowest BCUT2D eigenvalue weighted by Gasteiger charge is -2.27. The van der Waals surface area contributed by atoms with E-state index in [2.05, 4.69) is 10.4 Å². The van der Waals surface area contributed by atoms with Crippen molar-refractivity contribution in [2.45, 2.75) is 18.9 Å². The van der Waals surface area contributed by atoms with Gasteiger partial charge in [0.15, 0.2) is 0 Å². The Morgan fingerprint density at radius 2 is 2.08 bits per heavy atom. The van der Waals surface area contributed by atoms with Crippen LogP contribution >= 0.6 is 0 Å². The number of hydrogen-bond donors (Lipinski definition) is 1. The van der Waals surface area contributed by atoms with Crippen molar-refractivity contribution in [3.63, 3.8) is 0 Å². The summed E-state index contributed by atoms with van der Waals surface area (Å²) >= 11 is 0. The zero-order valence-electron chi connectivity index (χ0n) is 14.6. The van der Waals surface area contributed by atoms with Crippen molar-refractivity contribution in [3.8, 4) is 5.75 Å². The van der Waals surface area contributed by atoms with Gasteiger partial charge in [0.1, 0.15) is 11.5 Å². The van der Waals surface area contributed by atoms with Crippen LogP contribution in [0.1, 0.15) is 24.4 Å². The van der Waals surface area contributed by atoms with Crippen molar-refractivity contribution in [1.82, 2.24) is 15.2 Å². The molecule has 0 fully saturated rings. The second-order valence-electron chi connectivity index (χ2n) is 5.90. The molecule has 1 N–H and O–H groups in total. The summed E-state index contributed by atoms with van der Waals surface area (Å²) in [6.07, 6.45) is 0.683. The number of carbonyl (C=O) groups is 2. The molecule has 1 aliphatic heterocycles. The first kappa shape index (κ1) is 17.9. The molecule has 2 rings (SSSR count). The molecule has 1 aromatic carbocycles. The van der Waals surface area contributed by atoms with E-state index in [0.717, 1.165) is 11.3 Å². The van der Waals surface area contributed by atoms with Gasteiger partial charge in [-0.2, -0.15) is 5.10 Å². The van der Waals surface area contributed by atoms with E-state index in [1.165, 1.54) is 5.01 Å². The van der Waals surface area contributed by atoms with Crippen molar-refractivity contribution in [3.05, 3.63) is 29.8 Å². The molecule has 24 heavy (non-hydrogen) atoms. The molecule has 0 bridgehead atoms. The Bertz CT molecular complexity index is 642. The first-order chi connectivity index (χ1) is 11.4. The van der Waals surface area contributed by atoms with Crippen molar-refractivity contribution in [2.75, 3.05) is 34.8 Å². The summed E-state index contributed by atoms with van der Waals surface area (Å²) < 4.78 is 5.42. The topological polar surface area (TPSA) is 74.2 Å². The maximum atomic E-state index is 12.3. The normalized spacial score (nSPS) is 16.0. The maximum Gasteiger partial charge on any atom is 0.267 e. The number of methoxy groups -OCH3 is 1. The van der Waals surface area contributed by atoms with Crippen LogP contribution in [0.25, 0.3) is 0 Å². The van der Waals surface area contributed by atoms with E-state index in [4.69, 9.17) is 4.74 Å². The quantitative estimate of drug-likeness (QED) is 0.844. The van der Waals surface area contributed by atoms with Crippen LogP contribution in [0, 0.1) is 0 Å². The highest BCUT2D eigenvalue weighted by molar-refractivity contribution is 6.39. The van der Waals surface area contributed by atoms with Gasteiger partial charge in [-0.15, -0.1) is 0 Å². The predicted octanol–water partition coefficient (Wildman–Crippen LogP) is 1.02. The van der Waals surface area contributed by atoms with Gasteiger partial charge in [-0.3, -0.25) is 9.59 Å². The Balaban J connectivity index is 2.08. The smallest absolute Gasteiger partial charge is 0.267 e. The van der Waals surface area contributed by atoms with Gasteiger partial charge in [0, 0.05) is 32.0 Å². The van der Waals surface area contributed by atoms with Crippen molar-refractivity contribution >= 4 is 17.5 Å². The van der Waals surface area contributed by atoms with Gasteiger partial charge in [0.25, 0.3) is 5.91 Å². The van der Waals surface area contributed by atoms with E-state index < -0.39 is 0 Å². The largest absolute Gasteiger partial charge is 0.496 e. The molecule has 7 heteroatoms. The fraction of sp³-hybridized carbons (Fsp3) is 0.471. The fourth-order valence-electron chi connectivity index (χ4n) is 2.64. The Hall–Kier alpha value is -2.41. The molecule has 1 aliphatic rings. The zero-order valence-corrected chi connectivity index (χ0v) is 14.6. The highest BCUT2D eigenvalue weighted by Gasteiger charge is 2.24. The highest BCUT2D eigenvalue weighted by atomic mass is 16.5. The molecular formula is C17H24N4O3. The minimum Gasteiger partial charge on any atom is -0.496 e. The third-order valence-corrected chi connectivity index (χ3v) is 4.05. The van der Waals surface area contributed by atoms with Gasteiger partial charge in [-0.25, -0.2) is 5.01 Å². The lowest BCUT2D eigenvalue weighted by atomic mass is 10.0. The monoisotopic (exact) mass is 332 g/mol. The molecule has 0 radical (unpaired) electrons. The average molecular weight is 332 g/mol. The van der Waals surface area contributed by atoms with E-state index >= 15 is 0 Å². The molecule has 130 valence electrons. The number of ether oxygens (including phenoxy) is 1. The summed E-state index contributed by atoms with van der Waals surface area (Å²) in [6, 6.07) is 7.72. The van der Waals surface area contributed by atoms with Crippen LogP contribution in [0.15, 0.2) is 29.4 Å². The molecule has 0 aromatic heterocycles. The van der Waals surface area contributed by atoms with Gasteiger partial charge in [-0.05, 0) is 20.2 Å². The molecule has 0 aliphatic carbocycles. The Labute approximate surface area is 142 Å². The number of amides is 2. The van der Waals surface area contributed by atoms with Crippen LogP contribution in [0.2, 0.25) is 0 Å². The number of para-hydroxylation sites is 1. The first-order valence-corrected chi connectivity index (χ1v) is 7.85. The predicted molar refractivity (Wildman–Crippen MR) is 91.9 cm³/mol. The summed E-state index contributed by atoms with van der Waals surface area (Å²) in [7, 11) is 7.10. The number of nitrogens with one attached hydrogen (secondary N) is 1. The number of hydrogen-bond acceptors (Lipinski definition) is 5. The Morgan fingerprint density at radius 3 is 2.71 bits per heavy atom. The van der Waals surface area contributed by atoms with E-state index in [0.29, 0.717) is 25.1 Å². The van der Waals surface area contributed by atoms with Crippen LogP contribution in [-0.2, 0) is 9.59 Å². The third-order valence-electron chi connectivity index (χ3n) is 4.05. The Morgan fingerprint density at radius 1 is 1.38 bits per heavy atom. The van der Waals surface area contributed by atoms with E-state index in [9.17, 15) is 9.59 Å². The lowest BCUT2D eigenvalue weighted by Crippen LogP contribution is -2.41. The number of carbonyl (C=O) groups excluding carboxylic acids is 2. The average Bonchev–Trinajstić information content (AvgIpc) is 2.57. The van der Waals surface area contributed by atoms with E-state index in [-0.39, 0.29) is 17.9 Å². The zero-order chi connectivity index (χ0) is 17.7. The first-order valence-electron chi connectivity index (χ1n) is 7.85.